The van der Waals surface area contributed by atoms with Crippen LogP contribution in [0.2, 0.25) is 0 Å². The smallest absolute Gasteiger partial charge is 0.144 e. The molecule has 0 spiro atoms. The number of furan rings is 1. The van der Waals surface area contributed by atoms with E-state index in [9.17, 15) is 0 Å². The van der Waals surface area contributed by atoms with Gasteiger partial charge in [-0.15, -0.1) is 0 Å². The van der Waals surface area contributed by atoms with Gasteiger partial charge in [0.25, 0.3) is 0 Å². The summed E-state index contributed by atoms with van der Waals surface area (Å²) in [6.07, 6.45) is 3.09. The molecule has 0 aliphatic heterocycles. The van der Waals surface area contributed by atoms with Crippen molar-refractivity contribution < 1.29 is 4.42 Å². The lowest BCUT2D eigenvalue weighted by molar-refractivity contribution is 0.560. The highest BCUT2D eigenvalue weighted by atomic mass is 16.3. The van der Waals surface area contributed by atoms with E-state index in [4.69, 9.17) is 9.68 Å². The average molecular weight is 134 g/mol. The summed E-state index contributed by atoms with van der Waals surface area (Å²) < 4.78 is 4.92. The summed E-state index contributed by atoms with van der Waals surface area (Å²) in [6.45, 7) is 0.181. The molecule has 0 atom stereocenters. The summed E-state index contributed by atoms with van der Waals surface area (Å²) in [7, 11) is 0. The van der Waals surface area contributed by atoms with Gasteiger partial charge in [0, 0.05) is 0 Å². The van der Waals surface area contributed by atoms with Crippen molar-refractivity contribution >= 4 is 6.21 Å². The Balaban J connectivity index is 2.49. The molecule has 50 valence electrons. The molecule has 0 bridgehead atoms. The first kappa shape index (κ1) is 6.56. The molecule has 0 aliphatic rings. The molecule has 1 aromatic rings. The Morgan fingerprint density at radius 2 is 2.70 bits per heavy atom. The normalized spacial score (nSPS) is 9.90. The zero-order valence-electron chi connectivity index (χ0n) is 5.32. The van der Waals surface area contributed by atoms with E-state index >= 15 is 0 Å². The van der Waals surface area contributed by atoms with Gasteiger partial charge in [-0.2, -0.15) is 5.26 Å². The Kier molecular flexibility index (Phi) is 2.27. The monoisotopic (exact) mass is 134 g/mol. The van der Waals surface area contributed by atoms with E-state index in [1.165, 1.54) is 6.21 Å². The molecule has 1 aromatic heterocycles. The number of nitriles is 1. The van der Waals surface area contributed by atoms with Crippen molar-refractivity contribution in [3.8, 4) is 6.07 Å². The highest BCUT2D eigenvalue weighted by molar-refractivity contribution is 5.75. The lowest BCUT2D eigenvalue weighted by Crippen LogP contribution is -1.76. The largest absolute Gasteiger partial charge is 0.463 e. The van der Waals surface area contributed by atoms with Crippen LogP contribution in [0.5, 0.6) is 0 Å². The van der Waals surface area contributed by atoms with Crippen LogP contribution in [0.1, 0.15) is 5.76 Å². The Bertz CT molecular complexity index is 243. The zero-order chi connectivity index (χ0) is 7.23. The van der Waals surface area contributed by atoms with Crippen LogP contribution < -0.4 is 0 Å². The molecule has 0 N–H and O–H groups in total. The molecular weight excluding hydrogens is 128 g/mol. The van der Waals surface area contributed by atoms with E-state index in [0.717, 1.165) is 0 Å². The van der Waals surface area contributed by atoms with Crippen molar-refractivity contribution in [3.05, 3.63) is 24.2 Å². The first-order chi connectivity index (χ1) is 4.93. The summed E-state index contributed by atoms with van der Waals surface area (Å²) in [5.41, 5.74) is 0. The maximum atomic E-state index is 8.10. The molecular formula is C7H6N2O. The molecule has 10 heavy (non-hydrogen) atoms. The Labute approximate surface area is 58.6 Å². The second kappa shape index (κ2) is 3.46. The summed E-state index contributed by atoms with van der Waals surface area (Å²) in [4.78, 5) is 3.75. The van der Waals surface area contributed by atoms with Crippen molar-refractivity contribution in [1.82, 2.24) is 0 Å². The fraction of sp³-hybridized carbons (Fsp3) is 0.143. The van der Waals surface area contributed by atoms with Crippen LogP contribution in [0.15, 0.2) is 27.8 Å². The number of hydrogen-bond acceptors (Lipinski definition) is 3. The van der Waals surface area contributed by atoms with E-state index in [2.05, 4.69) is 4.99 Å². The second-order valence-corrected chi connectivity index (χ2v) is 1.64. The molecule has 1 heterocycles. The zero-order valence-corrected chi connectivity index (χ0v) is 5.32. The van der Waals surface area contributed by atoms with Crippen molar-refractivity contribution in [2.45, 2.75) is 0 Å². The molecule has 3 nitrogen and oxygen atoms in total. The van der Waals surface area contributed by atoms with Crippen molar-refractivity contribution in [1.29, 1.82) is 5.26 Å². The van der Waals surface area contributed by atoms with Gasteiger partial charge in [-0.25, -0.2) is 0 Å². The predicted octanol–water partition coefficient (Wildman–Crippen LogP) is 1.22. The minimum absolute atomic E-state index is 0.181. The molecule has 0 saturated carbocycles. The Hall–Kier alpha value is -1.56. The molecule has 0 aliphatic carbocycles. The third kappa shape index (κ3) is 1.75. The molecule has 3 heteroatoms. The average Bonchev–Trinajstić information content (AvgIpc) is 2.41. The van der Waals surface area contributed by atoms with Gasteiger partial charge in [0.2, 0.25) is 0 Å². The summed E-state index contributed by atoms with van der Waals surface area (Å²) in [5, 5.41) is 8.10. The SMILES string of the molecule is N#CCN=Cc1ccco1. The molecule has 0 radical (unpaired) electrons. The van der Waals surface area contributed by atoms with E-state index in [1.807, 2.05) is 6.07 Å². The topological polar surface area (TPSA) is 49.3 Å². The maximum absolute atomic E-state index is 8.10. The predicted molar refractivity (Wildman–Crippen MR) is 36.8 cm³/mol. The maximum Gasteiger partial charge on any atom is 0.144 e. The van der Waals surface area contributed by atoms with Gasteiger partial charge >= 0.3 is 0 Å². The van der Waals surface area contributed by atoms with E-state index in [0.29, 0.717) is 5.76 Å². The van der Waals surface area contributed by atoms with Crippen molar-refractivity contribution in [2.75, 3.05) is 6.54 Å². The van der Waals surface area contributed by atoms with Gasteiger partial charge in [-0.3, -0.25) is 4.99 Å². The fourth-order valence-electron chi connectivity index (χ4n) is 0.541. The lowest BCUT2D eigenvalue weighted by atomic mass is 10.5. The molecule has 0 amide bonds. The van der Waals surface area contributed by atoms with Gasteiger partial charge in [0.1, 0.15) is 12.3 Å². The number of hydrogen-bond donors (Lipinski definition) is 0. The lowest BCUT2D eigenvalue weighted by Gasteiger charge is -1.78. The third-order valence-electron chi connectivity index (χ3n) is 0.924. The van der Waals surface area contributed by atoms with Gasteiger partial charge in [-0.1, -0.05) is 0 Å². The minimum atomic E-state index is 0.181. The quantitative estimate of drug-likeness (QED) is 0.451. The van der Waals surface area contributed by atoms with E-state index < -0.39 is 0 Å². The van der Waals surface area contributed by atoms with Crippen molar-refractivity contribution in [2.24, 2.45) is 4.99 Å². The Morgan fingerprint density at radius 3 is 3.30 bits per heavy atom. The first-order valence-electron chi connectivity index (χ1n) is 2.84. The first-order valence-corrected chi connectivity index (χ1v) is 2.84. The van der Waals surface area contributed by atoms with E-state index in [1.54, 1.807) is 18.4 Å². The van der Waals surface area contributed by atoms with Gasteiger partial charge in [0.05, 0.1) is 18.5 Å². The molecule has 0 fully saturated rings. The molecule has 1 rings (SSSR count). The summed E-state index contributed by atoms with van der Waals surface area (Å²) in [5.74, 6) is 0.676. The highest BCUT2D eigenvalue weighted by Crippen LogP contribution is 1.94. The fourth-order valence-corrected chi connectivity index (χ4v) is 0.541. The highest BCUT2D eigenvalue weighted by Gasteiger charge is 1.85. The van der Waals surface area contributed by atoms with Crippen LogP contribution in [0.3, 0.4) is 0 Å². The third-order valence-corrected chi connectivity index (χ3v) is 0.924. The van der Waals surface area contributed by atoms with Crippen LogP contribution in [0.4, 0.5) is 0 Å². The van der Waals surface area contributed by atoms with Crippen LogP contribution in [0, 0.1) is 11.3 Å². The number of nitrogens with zero attached hydrogens (tertiary/aromatic N) is 2. The van der Waals surface area contributed by atoms with Gasteiger partial charge in [0.15, 0.2) is 0 Å². The van der Waals surface area contributed by atoms with Crippen LogP contribution in [0.25, 0.3) is 0 Å². The van der Waals surface area contributed by atoms with Crippen LogP contribution in [-0.2, 0) is 0 Å². The standard InChI is InChI=1S/C7H6N2O/c8-3-4-9-6-7-2-1-5-10-7/h1-2,5-6H,4H2. The summed E-state index contributed by atoms with van der Waals surface area (Å²) >= 11 is 0. The van der Waals surface area contributed by atoms with Crippen LogP contribution >= 0.6 is 0 Å². The van der Waals surface area contributed by atoms with E-state index in [-0.39, 0.29) is 6.54 Å². The number of rotatable bonds is 2. The van der Waals surface area contributed by atoms with Gasteiger partial charge < -0.3 is 4.42 Å². The molecule has 0 saturated heterocycles. The van der Waals surface area contributed by atoms with Crippen molar-refractivity contribution in [3.63, 3.8) is 0 Å². The molecule has 0 aromatic carbocycles. The minimum Gasteiger partial charge on any atom is -0.463 e. The van der Waals surface area contributed by atoms with Gasteiger partial charge in [-0.05, 0) is 12.1 Å². The number of aliphatic imine (C=N–C) groups is 1. The summed E-state index contributed by atoms with van der Waals surface area (Å²) in [6, 6.07) is 5.44. The molecule has 0 unspecified atom stereocenters. The van der Waals surface area contributed by atoms with Crippen LogP contribution in [-0.4, -0.2) is 12.8 Å². The Morgan fingerprint density at radius 1 is 1.80 bits per heavy atom. The second-order valence-electron chi connectivity index (χ2n) is 1.64.